The first kappa shape index (κ1) is 32.8. The SMILES string of the molecule is C#CC[C@H](O[Si](C)(C)C(C)(C)C)[C@H](CO[Si](C)(C)C(C)(C)C)[C@@H](C=C)O[Si](C)(C)C(C)(C)C. The maximum atomic E-state index is 6.96. The van der Waals surface area contributed by atoms with Crippen LogP contribution in [0.15, 0.2) is 12.7 Å². The van der Waals surface area contributed by atoms with E-state index in [-0.39, 0.29) is 33.2 Å². The van der Waals surface area contributed by atoms with Crippen LogP contribution in [0.4, 0.5) is 0 Å². The molecule has 0 rings (SSSR count). The Hall–Kier alpha value is -0.169. The highest BCUT2D eigenvalue weighted by Crippen LogP contribution is 2.42. The van der Waals surface area contributed by atoms with Crippen molar-refractivity contribution in [2.75, 3.05) is 6.61 Å². The van der Waals surface area contributed by atoms with Crippen molar-refractivity contribution >= 4 is 25.0 Å². The Bertz CT molecular complexity index is 671. The zero-order valence-electron chi connectivity index (χ0n) is 24.7. The van der Waals surface area contributed by atoms with E-state index in [9.17, 15) is 0 Å². The van der Waals surface area contributed by atoms with Gasteiger partial charge in [0.05, 0.1) is 12.2 Å². The lowest BCUT2D eigenvalue weighted by Gasteiger charge is -2.46. The Labute approximate surface area is 210 Å². The van der Waals surface area contributed by atoms with Gasteiger partial charge in [0.1, 0.15) is 0 Å². The van der Waals surface area contributed by atoms with Gasteiger partial charge < -0.3 is 13.3 Å². The molecule has 0 fully saturated rings. The summed E-state index contributed by atoms with van der Waals surface area (Å²) < 4.78 is 20.6. The van der Waals surface area contributed by atoms with Crippen molar-refractivity contribution in [3.8, 4) is 12.3 Å². The van der Waals surface area contributed by atoms with Crippen molar-refractivity contribution in [3.05, 3.63) is 12.7 Å². The van der Waals surface area contributed by atoms with E-state index in [1.807, 2.05) is 6.08 Å². The second kappa shape index (κ2) is 11.3. The number of rotatable bonds is 11. The van der Waals surface area contributed by atoms with E-state index < -0.39 is 25.0 Å². The van der Waals surface area contributed by atoms with Gasteiger partial charge in [-0.2, -0.15) is 0 Å². The highest BCUT2D eigenvalue weighted by Gasteiger charge is 2.46. The predicted molar refractivity (Wildman–Crippen MR) is 154 cm³/mol. The first-order valence-corrected chi connectivity index (χ1v) is 21.2. The summed E-state index contributed by atoms with van der Waals surface area (Å²) in [7, 11) is -6.05. The van der Waals surface area contributed by atoms with Gasteiger partial charge in [0.2, 0.25) is 0 Å². The molecule has 0 amide bonds. The topological polar surface area (TPSA) is 27.7 Å². The fraction of sp³-hybridized carbons (Fsp3) is 0.852. The summed E-state index contributed by atoms with van der Waals surface area (Å²) in [4.78, 5) is 0. The van der Waals surface area contributed by atoms with Gasteiger partial charge in [-0.15, -0.1) is 18.9 Å². The van der Waals surface area contributed by atoms with Gasteiger partial charge in [-0.1, -0.05) is 68.4 Å². The van der Waals surface area contributed by atoms with Gasteiger partial charge in [0.15, 0.2) is 25.0 Å². The molecule has 6 heteroatoms. The highest BCUT2D eigenvalue weighted by molar-refractivity contribution is 6.75. The summed E-state index contributed by atoms with van der Waals surface area (Å²) in [5.41, 5.74) is 0. The van der Waals surface area contributed by atoms with Gasteiger partial charge in [-0.25, -0.2) is 0 Å². The summed E-state index contributed by atoms with van der Waals surface area (Å²) in [6, 6.07) is 0. The Kier molecular flexibility index (Phi) is 11.2. The van der Waals surface area contributed by atoms with Crippen LogP contribution < -0.4 is 0 Å². The predicted octanol–water partition coefficient (Wildman–Crippen LogP) is 8.61. The molecule has 0 aliphatic rings. The maximum Gasteiger partial charge on any atom is 0.192 e. The lowest BCUT2D eigenvalue weighted by molar-refractivity contribution is 0.0200. The van der Waals surface area contributed by atoms with Crippen molar-refractivity contribution in [1.82, 2.24) is 0 Å². The van der Waals surface area contributed by atoms with Gasteiger partial charge in [0.25, 0.3) is 0 Å². The largest absolute Gasteiger partial charge is 0.416 e. The first-order valence-electron chi connectivity index (χ1n) is 12.5. The zero-order valence-corrected chi connectivity index (χ0v) is 27.7. The summed E-state index contributed by atoms with van der Waals surface area (Å²) in [5.74, 6) is 2.89. The second-order valence-electron chi connectivity index (χ2n) is 14.1. The maximum absolute atomic E-state index is 6.96. The van der Waals surface area contributed by atoms with Crippen molar-refractivity contribution in [2.24, 2.45) is 5.92 Å². The van der Waals surface area contributed by atoms with E-state index in [0.29, 0.717) is 13.0 Å². The minimum atomic E-state index is -2.05. The van der Waals surface area contributed by atoms with E-state index in [1.165, 1.54) is 0 Å². The smallest absolute Gasteiger partial charge is 0.192 e. The lowest BCUT2D eigenvalue weighted by atomic mass is 9.95. The van der Waals surface area contributed by atoms with Crippen LogP contribution in [0.2, 0.25) is 54.4 Å². The highest BCUT2D eigenvalue weighted by atomic mass is 28.4. The summed E-state index contributed by atoms with van der Waals surface area (Å²) >= 11 is 0. The molecule has 0 aliphatic heterocycles. The van der Waals surface area contributed by atoms with Crippen molar-refractivity contribution < 1.29 is 13.3 Å². The third-order valence-corrected chi connectivity index (χ3v) is 21.9. The Morgan fingerprint density at radius 3 is 1.48 bits per heavy atom. The fourth-order valence-corrected chi connectivity index (χ4v) is 6.43. The van der Waals surface area contributed by atoms with Gasteiger partial charge in [0, 0.05) is 18.9 Å². The molecule has 0 saturated carbocycles. The minimum absolute atomic E-state index is 0.00377. The average Bonchev–Trinajstić information content (AvgIpc) is 2.57. The van der Waals surface area contributed by atoms with Crippen LogP contribution in [-0.4, -0.2) is 43.8 Å². The van der Waals surface area contributed by atoms with Crippen LogP contribution in [0.1, 0.15) is 68.7 Å². The molecule has 0 aromatic heterocycles. The standard InChI is InChI=1S/C27H56O3Si3/c1-18-20-24(30-33(16,17)27(9,10)11)22(21-28-31(12,13)25(3,4)5)23(19-2)29-32(14,15)26(6,7)8/h1,19,22-24H,2,20-21H2,3-17H3/t22-,23-,24+/m1/s1. The third kappa shape index (κ3) is 9.09. The van der Waals surface area contributed by atoms with Crippen molar-refractivity contribution in [3.63, 3.8) is 0 Å². The van der Waals surface area contributed by atoms with Crippen molar-refractivity contribution in [1.29, 1.82) is 0 Å². The van der Waals surface area contributed by atoms with Crippen LogP contribution >= 0.6 is 0 Å². The third-order valence-electron chi connectivity index (χ3n) is 8.38. The van der Waals surface area contributed by atoms with Gasteiger partial charge in [-0.05, 0) is 54.4 Å². The van der Waals surface area contributed by atoms with Crippen LogP contribution in [0.3, 0.4) is 0 Å². The monoisotopic (exact) mass is 512 g/mol. The van der Waals surface area contributed by atoms with Crippen LogP contribution in [0.5, 0.6) is 0 Å². The zero-order chi connectivity index (χ0) is 26.7. The molecule has 194 valence electrons. The van der Waals surface area contributed by atoms with Gasteiger partial charge in [-0.3, -0.25) is 0 Å². The molecule has 3 nitrogen and oxygen atoms in total. The minimum Gasteiger partial charge on any atom is -0.416 e. The second-order valence-corrected chi connectivity index (χ2v) is 28.5. The van der Waals surface area contributed by atoms with E-state index in [4.69, 9.17) is 19.7 Å². The van der Waals surface area contributed by atoms with Gasteiger partial charge >= 0.3 is 0 Å². The number of hydrogen-bond donors (Lipinski definition) is 0. The van der Waals surface area contributed by atoms with Crippen LogP contribution in [0.25, 0.3) is 0 Å². The summed E-state index contributed by atoms with van der Waals surface area (Å²) in [6.45, 7) is 39.0. The Morgan fingerprint density at radius 1 is 0.758 bits per heavy atom. The molecule has 0 heterocycles. The first-order chi connectivity index (χ1) is 14.4. The molecule has 3 atom stereocenters. The summed E-state index contributed by atoms with van der Waals surface area (Å²) in [6.07, 6.45) is 8.08. The van der Waals surface area contributed by atoms with Crippen molar-refractivity contribution in [2.45, 2.75) is 135 Å². The normalized spacial score (nSPS) is 17.3. The quantitative estimate of drug-likeness (QED) is 0.157. The molecule has 33 heavy (non-hydrogen) atoms. The van der Waals surface area contributed by atoms with E-state index in [2.05, 4.69) is 114 Å². The molecule has 0 spiro atoms. The summed E-state index contributed by atoms with van der Waals surface area (Å²) in [5, 5.41) is 0.319. The fourth-order valence-electron chi connectivity index (χ4n) is 2.71. The number of hydrogen-bond acceptors (Lipinski definition) is 3. The Morgan fingerprint density at radius 2 is 1.15 bits per heavy atom. The van der Waals surface area contributed by atoms with E-state index >= 15 is 0 Å². The molecule has 0 bridgehead atoms. The molecule has 0 saturated heterocycles. The molecular formula is C27H56O3Si3. The van der Waals surface area contributed by atoms with Crippen LogP contribution in [0, 0.1) is 18.3 Å². The number of terminal acetylenes is 1. The van der Waals surface area contributed by atoms with E-state index in [0.717, 1.165) is 0 Å². The Balaban J connectivity index is 6.34. The molecule has 0 aromatic rings. The molecule has 0 unspecified atom stereocenters. The van der Waals surface area contributed by atoms with E-state index in [1.54, 1.807) is 0 Å². The molecule has 0 N–H and O–H groups in total. The molecule has 0 aromatic carbocycles. The van der Waals surface area contributed by atoms with Crippen LogP contribution in [-0.2, 0) is 13.3 Å². The average molecular weight is 513 g/mol. The molecule has 0 radical (unpaired) electrons. The lowest BCUT2D eigenvalue weighted by Crippen LogP contribution is -2.53. The molecular weight excluding hydrogens is 457 g/mol. The molecule has 0 aliphatic carbocycles.